The molecule has 9 aliphatic rings. The van der Waals surface area contributed by atoms with Crippen molar-refractivity contribution in [1.82, 2.24) is 15.5 Å². The van der Waals surface area contributed by atoms with E-state index in [0.29, 0.717) is 29.3 Å². The predicted octanol–water partition coefficient (Wildman–Crippen LogP) is 8.73. The van der Waals surface area contributed by atoms with Gasteiger partial charge in [0.25, 0.3) is 0 Å². The van der Waals surface area contributed by atoms with Crippen molar-refractivity contribution in [1.29, 1.82) is 0 Å². The van der Waals surface area contributed by atoms with E-state index in [2.05, 4.69) is 52.4 Å². The first-order chi connectivity index (χ1) is 21.3. The molecule has 9 rings (SSSR count). The zero-order valence-electron chi connectivity index (χ0n) is 26.7. The van der Waals surface area contributed by atoms with Crippen LogP contribution in [0.3, 0.4) is 0 Å². The van der Waals surface area contributed by atoms with Crippen molar-refractivity contribution in [3.63, 3.8) is 0 Å². The maximum Gasteiger partial charge on any atom is 0.201 e. The number of hydrogen-bond donors (Lipinski definition) is 2. The van der Waals surface area contributed by atoms with Gasteiger partial charge in [0, 0.05) is 21.8 Å². The molecule has 2 N–H and O–H groups in total. The molecule has 0 aromatic carbocycles. The first-order valence-electron chi connectivity index (χ1n) is 18.9. The third-order valence-corrected chi connectivity index (χ3v) is 15.4. The highest BCUT2D eigenvalue weighted by molar-refractivity contribution is 8.04. The number of allylic oxidation sites excluding steroid dienone is 4. The maximum atomic E-state index is 5.78. The van der Waals surface area contributed by atoms with E-state index in [1.54, 1.807) is 5.70 Å². The van der Waals surface area contributed by atoms with E-state index >= 15 is 0 Å². The molecule has 0 radical (unpaired) electrons. The van der Waals surface area contributed by atoms with Crippen molar-refractivity contribution in [3.05, 3.63) is 34.4 Å². The largest absolute Gasteiger partial charge is 0.340 e. The molecule has 1 saturated heterocycles. The highest BCUT2D eigenvalue weighted by Gasteiger charge is 2.61. The van der Waals surface area contributed by atoms with Crippen LogP contribution in [-0.2, 0) is 0 Å². The third kappa shape index (κ3) is 4.66. The Labute approximate surface area is 265 Å². The van der Waals surface area contributed by atoms with Gasteiger partial charge >= 0.3 is 0 Å². The third-order valence-electron chi connectivity index (χ3n) is 13.9. The zero-order chi connectivity index (χ0) is 28.5. The molecule has 5 heteroatoms. The van der Waals surface area contributed by atoms with Gasteiger partial charge in [0.05, 0.1) is 12.2 Å². The molecular weight excluding hydrogens is 545 g/mol. The Balaban J connectivity index is 1.16. The van der Waals surface area contributed by atoms with Gasteiger partial charge in [-0.1, -0.05) is 82.1 Å². The second-order valence-electron chi connectivity index (χ2n) is 16.2. The van der Waals surface area contributed by atoms with Crippen molar-refractivity contribution in [2.45, 2.75) is 146 Å². The van der Waals surface area contributed by atoms with Gasteiger partial charge in [0.1, 0.15) is 6.17 Å². The highest BCUT2D eigenvalue weighted by atomic mass is 32.2. The van der Waals surface area contributed by atoms with Gasteiger partial charge in [-0.15, -0.1) is 11.8 Å². The summed E-state index contributed by atoms with van der Waals surface area (Å²) in [6, 6.07) is 0.513. The van der Waals surface area contributed by atoms with Crippen molar-refractivity contribution in [3.8, 4) is 0 Å². The smallest absolute Gasteiger partial charge is 0.201 e. The molecule has 234 valence electrons. The van der Waals surface area contributed by atoms with Crippen LogP contribution in [0.25, 0.3) is 0 Å². The minimum absolute atomic E-state index is 0.281. The van der Waals surface area contributed by atoms with Gasteiger partial charge in [-0.3, -0.25) is 5.32 Å². The average molecular weight is 601 g/mol. The molecule has 3 aliphatic heterocycles. The molecule has 4 nitrogen and oxygen atoms in total. The Morgan fingerprint density at radius 2 is 1.58 bits per heavy atom. The molecule has 0 amide bonds. The summed E-state index contributed by atoms with van der Waals surface area (Å²) in [7, 11) is 0. The Kier molecular flexibility index (Phi) is 7.54. The summed E-state index contributed by atoms with van der Waals surface area (Å²) in [5.74, 6) is 7.46. The summed E-state index contributed by atoms with van der Waals surface area (Å²) in [5, 5.41) is 9.05. The lowest BCUT2D eigenvalue weighted by Gasteiger charge is -2.48. The number of rotatable bonds is 2. The van der Waals surface area contributed by atoms with Crippen molar-refractivity contribution >= 4 is 17.7 Å². The Bertz CT molecular complexity index is 1190. The minimum atomic E-state index is 0.281. The number of guanidine groups is 1. The standard InChI is InChI=1S/C38H56N4S/c1-23-13-12-21-29-31(23)33-27-19-9-8-18-26(27)32-28-20-10-11-22-30(28)43-35(32)34(33)42(29)38-40-36(24-14-4-2-5-15-24)39-37(41-38)25-16-6-3-7-17-25/h11,21-28,30-31,33-34,36-37,39H,2-10,12-20H2,1H3,(H,40,41). The summed E-state index contributed by atoms with van der Waals surface area (Å²) < 4.78 is 0. The SMILES string of the molecule is CC1CCC=C2C1C1C3CCCCC3C3=C(SC4C=CCCC34)C1N2C1=NC(C2CCCCC2)NC(C2CCCCC2)N1. The average Bonchev–Trinajstić information content (AvgIpc) is 3.63. The van der Waals surface area contributed by atoms with Crippen LogP contribution >= 0.6 is 11.8 Å². The molecule has 3 heterocycles. The second kappa shape index (κ2) is 11.6. The summed E-state index contributed by atoms with van der Waals surface area (Å²) in [4.78, 5) is 10.5. The van der Waals surface area contributed by atoms with Crippen LogP contribution in [0.2, 0.25) is 0 Å². The second-order valence-corrected chi connectivity index (χ2v) is 17.4. The Hall–Kier alpha value is -1.20. The van der Waals surface area contributed by atoms with Gasteiger partial charge in [0.15, 0.2) is 0 Å². The molecule has 10 unspecified atom stereocenters. The van der Waals surface area contributed by atoms with Gasteiger partial charge in [-0.25, -0.2) is 4.99 Å². The number of thioether (sulfide) groups is 1. The summed E-state index contributed by atoms with van der Waals surface area (Å²) in [6.45, 7) is 2.61. The van der Waals surface area contributed by atoms with Crippen molar-refractivity contribution < 1.29 is 0 Å². The van der Waals surface area contributed by atoms with Crippen LogP contribution in [0.15, 0.2) is 39.4 Å². The highest BCUT2D eigenvalue weighted by Crippen LogP contribution is 2.66. The quantitative estimate of drug-likeness (QED) is 0.311. The lowest BCUT2D eigenvalue weighted by Crippen LogP contribution is -2.63. The lowest BCUT2D eigenvalue weighted by atomic mass is 9.57. The number of nitrogens with one attached hydrogen (secondary N) is 2. The molecule has 3 saturated carbocycles. The molecule has 43 heavy (non-hydrogen) atoms. The van der Waals surface area contributed by atoms with Gasteiger partial charge < -0.3 is 10.2 Å². The summed E-state index contributed by atoms with van der Waals surface area (Å²) in [6.07, 6.45) is 33.4. The number of hydrogen-bond acceptors (Lipinski definition) is 5. The molecule has 6 aliphatic carbocycles. The molecule has 0 aromatic rings. The number of nitrogens with zero attached hydrogens (tertiary/aromatic N) is 2. The number of fused-ring (bicyclic) bond motifs is 9. The summed E-state index contributed by atoms with van der Waals surface area (Å²) in [5.41, 5.74) is 3.63. The van der Waals surface area contributed by atoms with Crippen LogP contribution in [0.4, 0.5) is 0 Å². The zero-order valence-corrected chi connectivity index (χ0v) is 27.5. The fraction of sp³-hybridized carbons (Fsp3) is 0.816. The first-order valence-corrected chi connectivity index (χ1v) is 19.8. The Morgan fingerprint density at radius 3 is 2.42 bits per heavy atom. The van der Waals surface area contributed by atoms with Crippen LogP contribution < -0.4 is 10.6 Å². The maximum absolute atomic E-state index is 5.78. The lowest BCUT2D eigenvalue weighted by molar-refractivity contribution is 0.101. The van der Waals surface area contributed by atoms with Crippen LogP contribution in [0.5, 0.6) is 0 Å². The van der Waals surface area contributed by atoms with Crippen LogP contribution in [0, 0.1) is 47.3 Å². The first kappa shape index (κ1) is 28.1. The fourth-order valence-electron chi connectivity index (χ4n) is 12.0. The van der Waals surface area contributed by atoms with Crippen LogP contribution in [-0.4, -0.2) is 34.5 Å². The van der Waals surface area contributed by atoms with E-state index in [4.69, 9.17) is 4.99 Å². The molecule has 4 fully saturated rings. The number of aliphatic imine (C=N–C) groups is 1. The van der Waals surface area contributed by atoms with E-state index in [-0.39, 0.29) is 6.17 Å². The van der Waals surface area contributed by atoms with Gasteiger partial charge in [0.2, 0.25) is 5.96 Å². The van der Waals surface area contributed by atoms with E-state index in [9.17, 15) is 0 Å². The molecule has 0 aromatic heterocycles. The van der Waals surface area contributed by atoms with Crippen LogP contribution in [0.1, 0.15) is 122 Å². The van der Waals surface area contributed by atoms with Crippen molar-refractivity contribution in [2.75, 3.05) is 0 Å². The number of likely N-dealkylation sites (tertiary alicyclic amines) is 1. The molecule has 0 spiro atoms. The molecule has 10 atom stereocenters. The topological polar surface area (TPSA) is 39.7 Å². The molecular formula is C38H56N4S. The van der Waals surface area contributed by atoms with Crippen molar-refractivity contribution in [2.24, 2.45) is 52.3 Å². The monoisotopic (exact) mass is 600 g/mol. The Morgan fingerprint density at radius 1 is 0.814 bits per heavy atom. The normalized spacial score (nSPS) is 44.9. The van der Waals surface area contributed by atoms with E-state index in [0.717, 1.165) is 35.5 Å². The summed E-state index contributed by atoms with van der Waals surface area (Å²) >= 11 is 2.31. The van der Waals surface area contributed by atoms with E-state index in [1.807, 2.05) is 10.5 Å². The minimum Gasteiger partial charge on any atom is -0.340 e. The van der Waals surface area contributed by atoms with E-state index < -0.39 is 0 Å². The van der Waals surface area contributed by atoms with E-state index in [1.165, 1.54) is 122 Å². The predicted molar refractivity (Wildman–Crippen MR) is 179 cm³/mol. The fourth-order valence-corrected chi connectivity index (χ4v) is 13.8. The van der Waals surface area contributed by atoms with Gasteiger partial charge in [-0.2, -0.15) is 0 Å². The van der Waals surface area contributed by atoms with Gasteiger partial charge in [-0.05, 0) is 106 Å². The molecule has 0 bridgehead atoms.